The van der Waals surface area contributed by atoms with Crippen molar-refractivity contribution in [3.8, 4) is 0 Å². The van der Waals surface area contributed by atoms with Crippen LogP contribution in [-0.2, 0) is 10.0 Å². The van der Waals surface area contributed by atoms with E-state index in [1.165, 1.54) is 18.2 Å². The maximum absolute atomic E-state index is 13.6. The molecule has 12 heteroatoms. The number of H-pyrrole nitrogens is 1. The van der Waals surface area contributed by atoms with Gasteiger partial charge < -0.3 is 15.3 Å². The van der Waals surface area contributed by atoms with Crippen LogP contribution in [0.4, 0.5) is 11.5 Å². The largest absolute Gasteiger partial charge is 0.394 e. The van der Waals surface area contributed by atoms with Crippen LogP contribution in [0.3, 0.4) is 0 Å². The number of aromatic amines is 1. The van der Waals surface area contributed by atoms with Crippen molar-refractivity contribution in [2.45, 2.75) is 52.1 Å². The number of carbonyl (C=O) groups is 1. The number of aliphatic hydroxyl groups is 1. The molecule has 0 unspecified atom stereocenters. The zero-order valence-corrected chi connectivity index (χ0v) is 22.4. The maximum atomic E-state index is 13.6. The number of hydrogen-bond donors (Lipinski definition) is 4. The third-order valence-electron chi connectivity index (χ3n) is 5.89. The van der Waals surface area contributed by atoms with Crippen molar-refractivity contribution >= 4 is 44.9 Å². The predicted molar refractivity (Wildman–Crippen MR) is 143 cm³/mol. The van der Waals surface area contributed by atoms with Gasteiger partial charge in [-0.05, 0) is 63.8 Å². The van der Waals surface area contributed by atoms with E-state index >= 15 is 0 Å². The number of aliphatic hydroxyl groups excluding tert-OH is 1. The summed E-state index contributed by atoms with van der Waals surface area (Å²) in [5.41, 5.74) is 2.02. The summed E-state index contributed by atoms with van der Waals surface area (Å²) in [7, 11) is -3.59. The van der Waals surface area contributed by atoms with Gasteiger partial charge in [-0.25, -0.2) is 8.42 Å². The summed E-state index contributed by atoms with van der Waals surface area (Å²) in [5.74, 6) is 0.820. The minimum atomic E-state index is -3.59. The highest BCUT2D eigenvalue weighted by atomic mass is 35.5. The minimum absolute atomic E-state index is 0.0766. The molecule has 1 amide bonds. The van der Waals surface area contributed by atoms with Gasteiger partial charge in [-0.3, -0.25) is 19.6 Å². The first-order valence-electron chi connectivity index (χ1n) is 11.7. The minimum Gasteiger partial charge on any atom is -0.394 e. The summed E-state index contributed by atoms with van der Waals surface area (Å²) in [6.07, 6.45) is 5.43. The number of aliphatic imine (C=N–C) groups is 1. The number of piperidine rings is 1. The molecule has 3 rings (SSSR count). The van der Waals surface area contributed by atoms with Crippen molar-refractivity contribution in [2.24, 2.45) is 4.99 Å². The fourth-order valence-corrected chi connectivity index (χ4v) is 4.71. The average Bonchev–Trinajstić information content (AvgIpc) is 3.31. The SMILES string of the molecule is C/C=C(/C)C(=N[C@H](C)CO)Nc1cc([C@@H]2CCCCN2C(=O)c2cc(Cl)ccc2NS(C)(=O)=O)[nH]n1. The van der Waals surface area contributed by atoms with E-state index in [0.717, 1.165) is 36.8 Å². The first kappa shape index (κ1) is 27.7. The zero-order chi connectivity index (χ0) is 26.5. The molecule has 10 nitrogen and oxygen atoms in total. The highest BCUT2D eigenvalue weighted by molar-refractivity contribution is 7.92. The van der Waals surface area contributed by atoms with Crippen LogP contribution < -0.4 is 10.0 Å². The number of hydrogen-bond acceptors (Lipinski definition) is 6. The van der Waals surface area contributed by atoms with Crippen molar-refractivity contribution in [3.05, 3.63) is 52.2 Å². The van der Waals surface area contributed by atoms with Crippen LogP contribution in [0, 0.1) is 0 Å². The van der Waals surface area contributed by atoms with Crippen molar-refractivity contribution in [1.82, 2.24) is 15.1 Å². The number of amides is 1. The Kier molecular flexibility index (Phi) is 9.15. The lowest BCUT2D eigenvalue weighted by atomic mass is 9.98. The normalized spacial score (nSPS) is 18.2. The van der Waals surface area contributed by atoms with Gasteiger partial charge in [-0.2, -0.15) is 5.10 Å². The van der Waals surface area contributed by atoms with E-state index in [9.17, 15) is 18.3 Å². The molecule has 1 aromatic carbocycles. The van der Waals surface area contributed by atoms with Gasteiger partial charge in [0.05, 0.1) is 41.9 Å². The summed E-state index contributed by atoms with van der Waals surface area (Å²) in [5, 5.41) is 20.3. The summed E-state index contributed by atoms with van der Waals surface area (Å²) in [6.45, 7) is 6.06. The van der Waals surface area contributed by atoms with Gasteiger partial charge in [0.1, 0.15) is 5.84 Å². The standard InChI is InChI=1S/C24H33ClN6O4S/c1-5-15(2)23(26-16(3)14-32)27-22-13-20(28-29-22)21-8-6-7-11-31(21)24(33)18-12-17(25)9-10-19(18)30-36(4,34)35/h5,9-10,12-13,16,21,30,32H,6-8,11,14H2,1-4H3,(H2,26,27,28,29)/b15-5-/t16-,21+/m1/s1. The Morgan fingerprint density at radius 1 is 1.39 bits per heavy atom. The second kappa shape index (κ2) is 11.9. The van der Waals surface area contributed by atoms with Crippen LogP contribution >= 0.6 is 11.6 Å². The second-order valence-electron chi connectivity index (χ2n) is 8.89. The number of likely N-dealkylation sites (tertiary alicyclic amines) is 1. The number of sulfonamides is 1. The molecule has 1 aromatic heterocycles. The molecule has 0 aliphatic carbocycles. The molecular weight excluding hydrogens is 504 g/mol. The molecule has 1 aliphatic heterocycles. The van der Waals surface area contributed by atoms with E-state index in [-0.39, 0.29) is 35.8 Å². The Morgan fingerprint density at radius 3 is 2.81 bits per heavy atom. The lowest BCUT2D eigenvalue weighted by Crippen LogP contribution is -2.39. The molecule has 0 spiro atoms. The van der Waals surface area contributed by atoms with Crippen LogP contribution in [0.1, 0.15) is 62.1 Å². The number of rotatable bonds is 8. The molecule has 1 saturated heterocycles. The molecule has 2 heterocycles. The van der Waals surface area contributed by atoms with Gasteiger partial charge >= 0.3 is 0 Å². The number of aromatic nitrogens is 2. The highest BCUT2D eigenvalue weighted by Gasteiger charge is 2.31. The number of nitrogens with zero attached hydrogens (tertiary/aromatic N) is 3. The Labute approximate surface area is 216 Å². The van der Waals surface area contributed by atoms with Crippen LogP contribution in [0.25, 0.3) is 0 Å². The van der Waals surface area contributed by atoms with Crippen LogP contribution in [0.5, 0.6) is 0 Å². The lowest BCUT2D eigenvalue weighted by Gasteiger charge is -2.35. The van der Waals surface area contributed by atoms with E-state index in [0.29, 0.717) is 23.2 Å². The van der Waals surface area contributed by atoms with E-state index in [1.807, 2.05) is 32.9 Å². The molecule has 2 aromatic rings. The third kappa shape index (κ3) is 7.08. The van der Waals surface area contributed by atoms with Crippen LogP contribution in [0.2, 0.25) is 5.02 Å². The lowest BCUT2D eigenvalue weighted by molar-refractivity contribution is 0.0607. The summed E-state index contributed by atoms with van der Waals surface area (Å²) in [4.78, 5) is 19.9. The molecule has 1 fully saturated rings. The number of nitrogens with one attached hydrogen (secondary N) is 3. The van der Waals surface area contributed by atoms with E-state index < -0.39 is 10.0 Å². The molecular formula is C24H33ClN6O4S. The summed E-state index contributed by atoms with van der Waals surface area (Å²) in [6, 6.07) is 5.79. The number of benzene rings is 1. The molecule has 1 aliphatic rings. The average molecular weight is 537 g/mol. The topological polar surface area (TPSA) is 140 Å². The quantitative estimate of drug-likeness (QED) is 0.297. The number of allylic oxidation sites excluding steroid dienone is 1. The number of carbonyl (C=O) groups excluding carboxylic acids is 1. The third-order valence-corrected chi connectivity index (χ3v) is 6.72. The Balaban J connectivity index is 1.90. The number of halogens is 1. The van der Waals surface area contributed by atoms with E-state index in [2.05, 4.69) is 25.2 Å². The Morgan fingerprint density at radius 2 is 2.14 bits per heavy atom. The molecule has 0 radical (unpaired) electrons. The number of anilines is 2. The molecule has 0 bridgehead atoms. The molecule has 2 atom stereocenters. The van der Waals surface area contributed by atoms with Crippen molar-refractivity contribution in [2.75, 3.05) is 29.4 Å². The van der Waals surface area contributed by atoms with Crippen molar-refractivity contribution in [1.29, 1.82) is 0 Å². The van der Waals surface area contributed by atoms with Gasteiger partial charge in [0.2, 0.25) is 10.0 Å². The monoisotopic (exact) mass is 536 g/mol. The van der Waals surface area contributed by atoms with Crippen molar-refractivity contribution in [3.63, 3.8) is 0 Å². The summed E-state index contributed by atoms with van der Waals surface area (Å²) < 4.78 is 26.1. The van der Waals surface area contributed by atoms with Gasteiger partial charge in [0.15, 0.2) is 5.82 Å². The second-order valence-corrected chi connectivity index (χ2v) is 11.1. The fourth-order valence-electron chi connectivity index (χ4n) is 3.96. The molecule has 196 valence electrons. The molecule has 0 saturated carbocycles. The predicted octanol–water partition coefficient (Wildman–Crippen LogP) is 3.96. The van der Waals surface area contributed by atoms with Crippen LogP contribution in [0.15, 0.2) is 40.9 Å². The fraction of sp³-hybridized carbons (Fsp3) is 0.458. The van der Waals surface area contributed by atoms with Crippen molar-refractivity contribution < 1.29 is 18.3 Å². The first-order valence-corrected chi connectivity index (χ1v) is 14.0. The number of amidine groups is 1. The van der Waals surface area contributed by atoms with E-state index in [4.69, 9.17) is 11.6 Å². The van der Waals surface area contributed by atoms with Gasteiger partial charge in [-0.15, -0.1) is 0 Å². The smallest absolute Gasteiger partial charge is 0.256 e. The van der Waals surface area contributed by atoms with Gasteiger partial charge in [0.25, 0.3) is 5.91 Å². The zero-order valence-electron chi connectivity index (χ0n) is 20.9. The Bertz CT molecular complexity index is 1260. The maximum Gasteiger partial charge on any atom is 0.256 e. The molecule has 36 heavy (non-hydrogen) atoms. The first-order chi connectivity index (χ1) is 17.0. The van der Waals surface area contributed by atoms with Crippen LogP contribution in [-0.4, -0.2) is 65.8 Å². The van der Waals surface area contributed by atoms with Gasteiger partial charge in [0, 0.05) is 17.6 Å². The summed E-state index contributed by atoms with van der Waals surface area (Å²) >= 11 is 6.16. The molecule has 4 N–H and O–H groups in total. The van der Waals surface area contributed by atoms with Gasteiger partial charge in [-0.1, -0.05) is 17.7 Å². The Hall–Kier alpha value is -2.89. The van der Waals surface area contributed by atoms with E-state index in [1.54, 1.807) is 4.90 Å². The highest BCUT2D eigenvalue weighted by Crippen LogP contribution is 2.34.